The maximum Gasteiger partial charge on any atom is 0.313 e. The van der Waals surface area contributed by atoms with Gasteiger partial charge >= 0.3 is 5.97 Å². The predicted molar refractivity (Wildman–Crippen MR) is 75.9 cm³/mol. The Morgan fingerprint density at radius 3 is 2.95 bits per heavy atom. The zero-order chi connectivity index (χ0) is 13.8. The van der Waals surface area contributed by atoms with E-state index in [-0.39, 0.29) is 5.75 Å². The standard InChI is InChI=1S/C12H15N3O2S2/c1-3-10-4-13-12(19-7-11(16)17)15(10)5-9-6-18-8(2)14-9/h4,6H,3,5,7H2,1-2H3,(H,16,17). The Kier molecular flexibility index (Phi) is 4.60. The van der Waals surface area contributed by atoms with Gasteiger partial charge in [0.1, 0.15) is 0 Å². The van der Waals surface area contributed by atoms with E-state index in [1.54, 1.807) is 11.3 Å². The van der Waals surface area contributed by atoms with E-state index in [2.05, 4.69) is 16.9 Å². The lowest BCUT2D eigenvalue weighted by Gasteiger charge is -2.08. The van der Waals surface area contributed by atoms with Gasteiger partial charge < -0.3 is 9.67 Å². The van der Waals surface area contributed by atoms with Crippen molar-refractivity contribution in [2.24, 2.45) is 0 Å². The van der Waals surface area contributed by atoms with Gasteiger partial charge in [0, 0.05) is 17.3 Å². The summed E-state index contributed by atoms with van der Waals surface area (Å²) in [5.41, 5.74) is 2.09. The van der Waals surface area contributed by atoms with Crippen molar-refractivity contribution in [1.29, 1.82) is 0 Å². The van der Waals surface area contributed by atoms with Crippen LogP contribution < -0.4 is 0 Å². The summed E-state index contributed by atoms with van der Waals surface area (Å²) < 4.78 is 2.04. The number of hydrogen-bond acceptors (Lipinski definition) is 5. The van der Waals surface area contributed by atoms with Gasteiger partial charge in [0.15, 0.2) is 5.16 Å². The van der Waals surface area contributed by atoms with Crippen LogP contribution >= 0.6 is 23.1 Å². The molecule has 0 unspecified atom stereocenters. The molecular weight excluding hydrogens is 282 g/mol. The Labute approximate surface area is 119 Å². The minimum Gasteiger partial charge on any atom is -0.481 e. The fourth-order valence-electron chi connectivity index (χ4n) is 1.73. The predicted octanol–water partition coefficient (Wildman–Crippen LogP) is 2.44. The van der Waals surface area contributed by atoms with Gasteiger partial charge in [-0.25, -0.2) is 9.97 Å². The van der Waals surface area contributed by atoms with Crippen LogP contribution in [0.4, 0.5) is 0 Å². The third-order valence-electron chi connectivity index (χ3n) is 2.58. The number of hydrogen-bond donors (Lipinski definition) is 1. The van der Waals surface area contributed by atoms with Crippen molar-refractivity contribution >= 4 is 29.1 Å². The van der Waals surface area contributed by atoms with Crippen molar-refractivity contribution in [3.05, 3.63) is 28.0 Å². The molecule has 5 nitrogen and oxygen atoms in total. The molecule has 0 aliphatic rings. The molecule has 0 radical (unpaired) electrons. The number of carbonyl (C=O) groups is 1. The lowest BCUT2D eigenvalue weighted by molar-refractivity contribution is -0.133. The van der Waals surface area contributed by atoms with Crippen LogP contribution in [0.25, 0.3) is 0 Å². The zero-order valence-corrected chi connectivity index (χ0v) is 12.4. The summed E-state index contributed by atoms with van der Waals surface area (Å²) in [5, 5.41) is 12.6. The van der Waals surface area contributed by atoms with E-state index in [9.17, 15) is 4.79 Å². The molecule has 2 aromatic heterocycles. The lowest BCUT2D eigenvalue weighted by Crippen LogP contribution is -2.07. The van der Waals surface area contributed by atoms with Crippen molar-refractivity contribution in [2.45, 2.75) is 32.0 Å². The van der Waals surface area contributed by atoms with Crippen LogP contribution in [0, 0.1) is 6.92 Å². The number of imidazole rings is 1. The monoisotopic (exact) mass is 297 g/mol. The van der Waals surface area contributed by atoms with E-state index in [0.29, 0.717) is 6.54 Å². The molecule has 2 aromatic rings. The minimum atomic E-state index is -0.831. The van der Waals surface area contributed by atoms with E-state index < -0.39 is 5.97 Å². The maximum atomic E-state index is 10.7. The normalized spacial score (nSPS) is 10.8. The lowest BCUT2D eigenvalue weighted by atomic mass is 10.3. The molecule has 0 atom stereocenters. The molecule has 1 N–H and O–H groups in total. The molecule has 0 saturated heterocycles. The van der Waals surface area contributed by atoms with E-state index in [1.165, 1.54) is 11.8 Å². The van der Waals surface area contributed by atoms with Crippen molar-refractivity contribution in [1.82, 2.24) is 14.5 Å². The van der Waals surface area contributed by atoms with Crippen LogP contribution in [-0.4, -0.2) is 31.4 Å². The molecule has 0 bridgehead atoms. The second-order valence-corrected chi connectivity index (χ2v) is 6.02. The van der Waals surface area contributed by atoms with Crippen LogP contribution in [0.15, 0.2) is 16.7 Å². The number of rotatable bonds is 6. The largest absolute Gasteiger partial charge is 0.481 e. The number of thiazole rings is 1. The molecule has 0 amide bonds. The molecule has 2 rings (SSSR count). The molecule has 19 heavy (non-hydrogen) atoms. The second-order valence-electron chi connectivity index (χ2n) is 4.01. The van der Waals surface area contributed by atoms with Crippen molar-refractivity contribution < 1.29 is 9.90 Å². The number of carboxylic acid groups (broad SMARTS) is 1. The molecular formula is C12H15N3O2S2. The van der Waals surface area contributed by atoms with Gasteiger partial charge in [-0.3, -0.25) is 4.79 Å². The zero-order valence-electron chi connectivity index (χ0n) is 10.8. The summed E-state index contributed by atoms with van der Waals surface area (Å²) in [6, 6.07) is 0. The Morgan fingerprint density at radius 2 is 2.37 bits per heavy atom. The highest BCUT2D eigenvalue weighted by Gasteiger charge is 2.12. The van der Waals surface area contributed by atoms with Gasteiger partial charge in [0.05, 0.1) is 23.0 Å². The highest BCUT2D eigenvalue weighted by atomic mass is 32.2. The van der Waals surface area contributed by atoms with E-state index in [1.807, 2.05) is 23.1 Å². The van der Waals surface area contributed by atoms with Gasteiger partial charge in [0.2, 0.25) is 0 Å². The topological polar surface area (TPSA) is 68.0 Å². The van der Waals surface area contributed by atoms with Gasteiger partial charge in [-0.15, -0.1) is 11.3 Å². The minimum absolute atomic E-state index is 0.0241. The van der Waals surface area contributed by atoms with E-state index in [4.69, 9.17) is 5.11 Å². The summed E-state index contributed by atoms with van der Waals surface area (Å²) in [4.78, 5) is 19.4. The highest BCUT2D eigenvalue weighted by molar-refractivity contribution is 7.99. The summed E-state index contributed by atoms with van der Waals surface area (Å²) >= 11 is 2.86. The number of nitrogens with zero attached hydrogens (tertiary/aromatic N) is 3. The van der Waals surface area contributed by atoms with Gasteiger partial charge in [-0.05, 0) is 13.3 Å². The molecule has 0 aromatic carbocycles. The van der Waals surface area contributed by atoms with Crippen molar-refractivity contribution in [3.63, 3.8) is 0 Å². The van der Waals surface area contributed by atoms with Crippen LogP contribution in [0.2, 0.25) is 0 Å². The molecule has 0 saturated carbocycles. The van der Waals surface area contributed by atoms with Crippen LogP contribution in [0.5, 0.6) is 0 Å². The van der Waals surface area contributed by atoms with Gasteiger partial charge in [-0.2, -0.15) is 0 Å². The third-order valence-corrected chi connectivity index (χ3v) is 4.37. The Balaban J connectivity index is 2.20. The molecule has 0 aliphatic heterocycles. The smallest absolute Gasteiger partial charge is 0.313 e. The number of aliphatic carboxylic acids is 1. The average Bonchev–Trinajstić information content (AvgIpc) is 2.94. The number of aromatic nitrogens is 3. The maximum absolute atomic E-state index is 10.7. The molecule has 0 aliphatic carbocycles. The quantitative estimate of drug-likeness (QED) is 0.829. The summed E-state index contributed by atoms with van der Waals surface area (Å²) in [6.07, 6.45) is 2.67. The third kappa shape index (κ3) is 3.57. The Morgan fingerprint density at radius 1 is 1.58 bits per heavy atom. The Bertz CT molecular complexity index is 577. The first-order valence-corrected chi connectivity index (χ1v) is 7.76. The SMILES string of the molecule is CCc1cnc(SCC(=O)O)n1Cc1csc(C)n1. The fraction of sp³-hybridized carbons (Fsp3) is 0.417. The average molecular weight is 297 g/mol. The first kappa shape index (κ1) is 14.1. The van der Waals surface area contributed by atoms with E-state index >= 15 is 0 Å². The Hall–Kier alpha value is -1.34. The number of thioether (sulfide) groups is 1. The fourth-order valence-corrected chi connectivity index (χ4v) is 3.05. The van der Waals surface area contributed by atoms with E-state index in [0.717, 1.165) is 28.0 Å². The second kappa shape index (κ2) is 6.21. The van der Waals surface area contributed by atoms with Crippen molar-refractivity contribution in [3.8, 4) is 0 Å². The van der Waals surface area contributed by atoms with Crippen LogP contribution in [-0.2, 0) is 17.8 Å². The first-order chi connectivity index (χ1) is 9.10. The van der Waals surface area contributed by atoms with Crippen molar-refractivity contribution in [2.75, 3.05) is 5.75 Å². The summed E-state index contributed by atoms with van der Waals surface area (Å²) in [7, 11) is 0. The molecule has 2 heterocycles. The van der Waals surface area contributed by atoms with Crippen LogP contribution in [0.1, 0.15) is 23.3 Å². The number of carboxylic acids is 1. The summed E-state index contributed by atoms with van der Waals surface area (Å²) in [6.45, 7) is 4.68. The van der Waals surface area contributed by atoms with Crippen LogP contribution in [0.3, 0.4) is 0 Å². The summed E-state index contributed by atoms with van der Waals surface area (Å²) in [5.74, 6) is -0.807. The van der Waals surface area contributed by atoms with Gasteiger partial charge in [-0.1, -0.05) is 18.7 Å². The molecule has 102 valence electrons. The highest BCUT2D eigenvalue weighted by Crippen LogP contribution is 2.21. The molecule has 7 heteroatoms. The first-order valence-electron chi connectivity index (χ1n) is 5.90. The molecule has 0 spiro atoms. The van der Waals surface area contributed by atoms with Gasteiger partial charge in [0.25, 0.3) is 0 Å². The molecule has 0 fully saturated rings. The number of aryl methyl sites for hydroxylation is 2.